The van der Waals surface area contributed by atoms with Gasteiger partial charge in [-0.25, -0.2) is 4.39 Å². The summed E-state index contributed by atoms with van der Waals surface area (Å²) >= 11 is 5.82. The van der Waals surface area contributed by atoms with Gasteiger partial charge in [0.25, 0.3) is 0 Å². The van der Waals surface area contributed by atoms with E-state index in [1.54, 1.807) is 13.0 Å². The molecule has 0 saturated carbocycles. The first kappa shape index (κ1) is 9.98. The molecule has 0 aliphatic rings. The molecule has 15 heavy (non-hydrogen) atoms. The molecule has 2 rings (SSSR count). The molecule has 0 atom stereocenters. The first-order valence-electron chi connectivity index (χ1n) is 4.26. The zero-order valence-electron chi connectivity index (χ0n) is 7.92. The molecule has 0 bridgehead atoms. The third kappa shape index (κ3) is 1.80. The van der Waals surface area contributed by atoms with Crippen molar-refractivity contribution in [2.75, 3.05) is 5.73 Å². The average molecular weight is 227 g/mol. The molecule has 0 spiro atoms. The Morgan fingerprint density at radius 1 is 1.40 bits per heavy atom. The molecular formula is C10H8ClFN2O. The highest BCUT2D eigenvalue weighted by Gasteiger charge is 2.13. The molecular weight excluding hydrogens is 219 g/mol. The van der Waals surface area contributed by atoms with Crippen molar-refractivity contribution in [3.05, 3.63) is 34.6 Å². The molecule has 2 aromatic rings. The van der Waals surface area contributed by atoms with Crippen molar-refractivity contribution in [3.8, 4) is 11.3 Å². The summed E-state index contributed by atoms with van der Waals surface area (Å²) in [6.45, 7) is 1.63. The number of hydrogen-bond donors (Lipinski definition) is 1. The summed E-state index contributed by atoms with van der Waals surface area (Å²) in [5.41, 5.74) is 6.10. The van der Waals surface area contributed by atoms with Gasteiger partial charge in [0, 0.05) is 11.1 Å². The number of nitrogen functional groups attached to an aromatic ring is 1. The molecule has 0 aliphatic carbocycles. The van der Waals surface area contributed by atoms with Crippen LogP contribution in [0.2, 0.25) is 5.02 Å². The molecule has 0 radical (unpaired) electrons. The second kappa shape index (κ2) is 3.55. The number of benzene rings is 1. The maximum Gasteiger partial charge on any atom is 0.172 e. The smallest absolute Gasteiger partial charge is 0.172 e. The van der Waals surface area contributed by atoms with Crippen LogP contribution in [0.1, 0.15) is 5.56 Å². The van der Waals surface area contributed by atoms with E-state index in [-0.39, 0.29) is 23.0 Å². The molecule has 1 aromatic carbocycles. The van der Waals surface area contributed by atoms with E-state index in [1.165, 1.54) is 12.1 Å². The van der Waals surface area contributed by atoms with Gasteiger partial charge in [-0.2, -0.15) is 0 Å². The number of nitrogens with zero attached hydrogens (tertiary/aromatic N) is 1. The molecule has 5 heteroatoms. The second-order valence-electron chi connectivity index (χ2n) is 3.20. The lowest BCUT2D eigenvalue weighted by atomic mass is 10.1. The van der Waals surface area contributed by atoms with Crippen molar-refractivity contribution in [2.45, 2.75) is 6.92 Å². The highest BCUT2D eigenvalue weighted by atomic mass is 35.5. The number of anilines is 1. The lowest BCUT2D eigenvalue weighted by Gasteiger charge is -2.02. The summed E-state index contributed by atoms with van der Waals surface area (Å²) in [6.07, 6.45) is 0. The lowest BCUT2D eigenvalue weighted by Crippen LogP contribution is -1.87. The van der Waals surface area contributed by atoms with E-state index in [4.69, 9.17) is 21.9 Å². The van der Waals surface area contributed by atoms with Crippen LogP contribution < -0.4 is 5.73 Å². The summed E-state index contributed by atoms with van der Waals surface area (Å²) in [7, 11) is 0. The molecule has 1 heterocycles. The minimum Gasteiger partial charge on any atom is -0.381 e. The van der Waals surface area contributed by atoms with Crippen molar-refractivity contribution in [1.82, 2.24) is 5.16 Å². The van der Waals surface area contributed by atoms with Crippen molar-refractivity contribution in [2.24, 2.45) is 0 Å². The largest absolute Gasteiger partial charge is 0.381 e. The summed E-state index contributed by atoms with van der Waals surface area (Å²) in [5, 5.41) is 3.93. The van der Waals surface area contributed by atoms with Crippen LogP contribution in [-0.4, -0.2) is 5.16 Å². The van der Waals surface area contributed by atoms with E-state index in [0.29, 0.717) is 10.6 Å². The van der Waals surface area contributed by atoms with Gasteiger partial charge in [-0.3, -0.25) is 0 Å². The number of halogens is 2. The molecule has 0 saturated heterocycles. The Kier molecular flexibility index (Phi) is 2.36. The highest BCUT2D eigenvalue weighted by molar-refractivity contribution is 6.30. The van der Waals surface area contributed by atoms with E-state index in [9.17, 15) is 4.39 Å². The fraction of sp³-hybridized carbons (Fsp3) is 0.100. The van der Waals surface area contributed by atoms with Gasteiger partial charge in [0.1, 0.15) is 5.82 Å². The fourth-order valence-electron chi connectivity index (χ4n) is 1.32. The van der Waals surface area contributed by atoms with Crippen LogP contribution in [-0.2, 0) is 0 Å². The van der Waals surface area contributed by atoms with Gasteiger partial charge in [0.05, 0.1) is 5.56 Å². The molecule has 0 fully saturated rings. The van der Waals surface area contributed by atoms with E-state index in [2.05, 4.69) is 5.16 Å². The molecule has 1 aromatic heterocycles. The highest BCUT2D eigenvalue weighted by Crippen LogP contribution is 2.29. The van der Waals surface area contributed by atoms with Gasteiger partial charge in [-0.05, 0) is 24.6 Å². The third-order valence-corrected chi connectivity index (χ3v) is 2.23. The zero-order chi connectivity index (χ0) is 11.0. The number of aryl methyl sites for hydroxylation is 1. The first-order chi connectivity index (χ1) is 7.08. The Bertz CT molecular complexity index is 510. The molecule has 78 valence electrons. The maximum atomic E-state index is 13.7. The third-order valence-electron chi connectivity index (χ3n) is 2.01. The van der Waals surface area contributed by atoms with E-state index in [0.717, 1.165) is 0 Å². The monoisotopic (exact) mass is 226 g/mol. The lowest BCUT2D eigenvalue weighted by molar-refractivity contribution is 0.433. The minimum absolute atomic E-state index is 0.210. The Hall–Kier alpha value is -1.55. The fourth-order valence-corrected chi connectivity index (χ4v) is 1.59. The van der Waals surface area contributed by atoms with Crippen molar-refractivity contribution in [1.29, 1.82) is 0 Å². The number of nitrogens with two attached hydrogens (primary N) is 1. The molecule has 0 aliphatic heterocycles. The Morgan fingerprint density at radius 3 is 2.73 bits per heavy atom. The summed E-state index contributed by atoms with van der Waals surface area (Å²) in [6, 6.07) is 4.47. The van der Waals surface area contributed by atoms with Crippen LogP contribution in [0.15, 0.2) is 22.7 Å². The molecule has 0 unspecified atom stereocenters. The van der Waals surface area contributed by atoms with E-state index in [1.807, 2.05) is 0 Å². The zero-order valence-corrected chi connectivity index (χ0v) is 8.68. The Balaban J connectivity index is 2.62. The van der Waals surface area contributed by atoms with Crippen LogP contribution in [0.3, 0.4) is 0 Å². The predicted molar refractivity (Wildman–Crippen MR) is 56.1 cm³/mol. The van der Waals surface area contributed by atoms with Crippen LogP contribution in [0.4, 0.5) is 10.2 Å². The van der Waals surface area contributed by atoms with E-state index < -0.39 is 0 Å². The van der Waals surface area contributed by atoms with Crippen molar-refractivity contribution >= 4 is 17.4 Å². The first-order valence-corrected chi connectivity index (χ1v) is 4.64. The topological polar surface area (TPSA) is 52.0 Å². The van der Waals surface area contributed by atoms with Crippen LogP contribution >= 0.6 is 11.6 Å². The van der Waals surface area contributed by atoms with Gasteiger partial charge < -0.3 is 10.3 Å². The number of hydrogen-bond acceptors (Lipinski definition) is 3. The summed E-state index contributed by atoms with van der Waals surface area (Å²) < 4.78 is 18.6. The van der Waals surface area contributed by atoms with E-state index >= 15 is 0 Å². The Labute approximate surface area is 90.6 Å². The van der Waals surface area contributed by atoms with Crippen LogP contribution in [0.5, 0.6) is 0 Å². The number of aromatic nitrogens is 1. The predicted octanol–water partition coefficient (Wildman–Crippen LogP) is 3.02. The molecule has 3 nitrogen and oxygen atoms in total. The number of rotatable bonds is 1. The van der Waals surface area contributed by atoms with Gasteiger partial charge >= 0.3 is 0 Å². The molecule has 0 amide bonds. The Morgan fingerprint density at radius 2 is 2.13 bits per heavy atom. The maximum absolute atomic E-state index is 13.7. The van der Waals surface area contributed by atoms with Gasteiger partial charge in [0.15, 0.2) is 11.6 Å². The average Bonchev–Trinajstić information content (AvgIpc) is 2.58. The SMILES string of the molecule is Cc1cc(Cl)cc(-c2cc(N)no2)c1F. The van der Waals surface area contributed by atoms with Crippen LogP contribution in [0, 0.1) is 12.7 Å². The normalized spacial score (nSPS) is 10.6. The van der Waals surface area contributed by atoms with Crippen molar-refractivity contribution in [3.63, 3.8) is 0 Å². The summed E-state index contributed by atoms with van der Waals surface area (Å²) in [5.74, 6) is 0.105. The second-order valence-corrected chi connectivity index (χ2v) is 3.64. The molecule has 2 N–H and O–H groups in total. The standard InChI is InChI=1S/C10H8ClFN2O/c1-5-2-6(11)3-7(10(5)12)8-4-9(13)14-15-8/h2-4H,1H3,(H2,13,14). The minimum atomic E-state index is -0.379. The van der Waals surface area contributed by atoms with Gasteiger partial charge in [0.2, 0.25) is 0 Å². The van der Waals surface area contributed by atoms with Gasteiger partial charge in [-0.1, -0.05) is 16.8 Å². The van der Waals surface area contributed by atoms with Crippen molar-refractivity contribution < 1.29 is 8.91 Å². The summed E-state index contributed by atoms with van der Waals surface area (Å²) in [4.78, 5) is 0. The van der Waals surface area contributed by atoms with Crippen LogP contribution in [0.25, 0.3) is 11.3 Å². The van der Waals surface area contributed by atoms with Gasteiger partial charge in [-0.15, -0.1) is 0 Å². The quantitative estimate of drug-likeness (QED) is 0.813.